The number of ether oxygens (including phenoxy) is 1. The third-order valence-electron chi connectivity index (χ3n) is 7.41. The van der Waals surface area contributed by atoms with Crippen molar-refractivity contribution in [2.75, 3.05) is 26.7 Å². The summed E-state index contributed by atoms with van der Waals surface area (Å²) in [6.45, 7) is 5.45. The molecule has 3 aromatic rings. The average Bonchev–Trinajstić information content (AvgIpc) is 3.20. The molecule has 4 heterocycles. The van der Waals surface area contributed by atoms with E-state index in [1.165, 1.54) is 0 Å². The SMILES string of the molecule is CCCc1nn(C)c2c(=O)[nH]c(-c3cc(S(=O)(=O)C45CCC(CNC4)N5C)ccc3OCC)nc12. The number of likely N-dealkylation sites (N-methyl/N-ethyl adjacent to an activating group) is 1. The van der Waals surface area contributed by atoms with Crippen LogP contribution in [0.4, 0.5) is 0 Å². The van der Waals surface area contributed by atoms with Gasteiger partial charge >= 0.3 is 0 Å². The van der Waals surface area contributed by atoms with Crippen molar-refractivity contribution in [2.45, 2.75) is 55.3 Å². The predicted molar refractivity (Wildman–Crippen MR) is 133 cm³/mol. The van der Waals surface area contributed by atoms with Crippen LogP contribution >= 0.6 is 0 Å². The smallest absolute Gasteiger partial charge is 0.277 e. The number of sulfone groups is 1. The molecule has 2 aliphatic heterocycles. The number of hydrogen-bond acceptors (Lipinski definition) is 8. The summed E-state index contributed by atoms with van der Waals surface area (Å²) in [7, 11) is -0.116. The number of rotatable bonds is 7. The van der Waals surface area contributed by atoms with Crippen LogP contribution in [0.5, 0.6) is 5.75 Å². The topological polar surface area (TPSA) is 122 Å². The van der Waals surface area contributed by atoms with Gasteiger partial charge in [-0.2, -0.15) is 5.10 Å². The Labute approximate surface area is 204 Å². The Hall–Kier alpha value is -2.76. The van der Waals surface area contributed by atoms with Gasteiger partial charge in [-0.25, -0.2) is 13.4 Å². The Morgan fingerprint density at radius 2 is 2.06 bits per heavy atom. The van der Waals surface area contributed by atoms with Crippen LogP contribution in [0, 0.1) is 0 Å². The molecule has 1 aromatic carbocycles. The van der Waals surface area contributed by atoms with Crippen LogP contribution in [-0.2, 0) is 23.3 Å². The first kappa shape index (κ1) is 24.0. The maximum atomic E-state index is 14.0. The normalized spacial score (nSPS) is 22.7. The van der Waals surface area contributed by atoms with Crippen molar-refractivity contribution >= 4 is 20.9 Å². The molecule has 2 saturated heterocycles. The number of benzene rings is 1. The molecule has 35 heavy (non-hydrogen) atoms. The zero-order valence-electron chi connectivity index (χ0n) is 20.6. The third kappa shape index (κ3) is 3.59. The molecule has 0 aliphatic carbocycles. The van der Waals surface area contributed by atoms with Gasteiger partial charge < -0.3 is 15.0 Å². The summed E-state index contributed by atoms with van der Waals surface area (Å²) >= 11 is 0. The fourth-order valence-corrected chi connectivity index (χ4v) is 7.71. The summed E-state index contributed by atoms with van der Waals surface area (Å²) in [5.41, 5.74) is 1.77. The summed E-state index contributed by atoms with van der Waals surface area (Å²) in [6.07, 6.45) is 2.95. The summed E-state index contributed by atoms with van der Waals surface area (Å²) < 4.78 is 35.4. The van der Waals surface area contributed by atoms with Crippen molar-refractivity contribution in [2.24, 2.45) is 7.05 Å². The van der Waals surface area contributed by atoms with Crippen molar-refractivity contribution in [3.63, 3.8) is 0 Å². The fourth-order valence-electron chi connectivity index (χ4n) is 5.54. The van der Waals surface area contributed by atoms with Crippen molar-refractivity contribution in [3.05, 3.63) is 34.2 Å². The van der Waals surface area contributed by atoms with Crippen LogP contribution in [0.15, 0.2) is 27.9 Å². The van der Waals surface area contributed by atoms with Crippen LogP contribution in [0.1, 0.15) is 38.8 Å². The van der Waals surface area contributed by atoms with E-state index in [-0.39, 0.29) is 22.3 Å². The number of nitrogens with one attached hydrogen (secondary N) is 2. The highest BCUT2D eigenvalue weighted by Crippen LogP contribution is 2.43. The van der Waals surface area contributed by atoms with Crippen LogP contribution < -0.4 is 15.6 Å². The Morgan fingerprint density at radius 3 is 2.80 bits per heavy atom. The number of aryl methyl sites for hydroxylation is 2. The zero-order chi connectivity index (χ0) is 25.0. The zero-order valence-corrected chi connectivity index (χ0v) is 21.4. The monoisotopic (exact) mass is 500 g/mol. The molecule has 2 unspecified atom stereocenters. The molecular weight excluding hydrogens is 468 g/mol. The van der Waals surface area contributed by atoms with Gasteiger partial charge in [0.15, 0.2) is 15.4 Å². The molecule has 10 nitrogen and oxygen atoms in total. The number of hydrogen-bond donors (Lipinski definition) is 2. The van der Waals surface area contributed by atoms with E-state index in [9.17, 15) is 13.2 Å². The average molecular weight is 501 g/mol. The molecule has 0 spiro atoms. The molecule has 2 fully saturated rings. The van der Waals surface area contributed by atoms with Crippen LogP contribution in [0.2, 0.25) is 0 Å². The van der Waals surface area contributed by atoms with Gasteiger partial charge in [0.2, 0.25) is 0 Å². The van der Waals surface area contributed by atoms with Crippen molar-refractivity contribution in [3.8, 4) is 17.1 Å². The summed E-state index contributed by atoms with van der Waals surface area (Å²) in [5, 5.41) is 7.78. The van der Waals surface area contributed by atoms with Crippen LogP contribution in [0.3, 0.4) is 0 Å². The largest absolute Gasteiger partial charge is 0.493 e. The molecule has 0 saturated carbocycles. The molecule has 2 bridgehead atoms. The van der Waals surface area contributed by atoms with Crippen LogP contribution in [-0.4, -0.2) is 70.7 Å². The molecule has 11 heteroatoms. The molecule has 0 amide bonds. The highest BCUT2D eigenvalue weighted by molar-refractivity contribution is 7.92. The second kappa shape index (κ2) is 8.72. The van der Waals surface area contributed by atoms with E-state index in [2.05, 4.69) is 15.4 Å². The lowest BCUT2D eigenvalue weighted by Gasteiger charge is -2.42. The number of H-pyrrole nitrogens is 1. The Morgan fingerprint density at radius 1 is 1.26 bits per heavy atom. The second-order valence-corrected chi connectivity index (χ2v) is 11.6. The molecule has 2 atom stereocenters. The van der Waals surface area contributed by atoms with Gasteiger partial charge in [0.1, 0.15) is 22.0 Å². The first-order chi connectivity index (χ1) is 16.7. The van der Waals surface area contributed by atoms with Gasteiger partial charge in [-0.05, 0) is 51.4 Å². The first-order valence-electron chi connectivity index (χ1n) is 12.1. The van der Waals surface area contributed by atoms with Crippen molar-refractivity contribution in [1.29, 1.82) is 0 Å². The van der Waals surface area contributed by atoms with Crippen molar-refractivity contribution < 1.29 is 13.2 Å². The Bertz CT molecular complexity index is 1440. The molecule has 0 radical (unpaired) electrons. The van der Waals surface area contributed by atoms with E-state index < -0.39 is 14.7 Å². The molecule has 5 rings (SSSR count). The predicted octanol–water partition coefficient (Wildman–Crippen LogP) is 1.84. The molecule has 2 aliphatic rings. The Kier molecular flexibility index (Phi) is 5.97. The highest BCUT2D eigenvalue weighted by Gasteiger charge is 2.56. The van der Waals surface area contributed by atoms with E-state index in [1.54, 1.807) is 29.9 Å². The number of aromatic amines is 1. The minimum Gasteiger partial charge on any atom is -0.493 e. The third-order valence-corrected chi connectivity index (χ3v) is 9.92. The van der Waals surface area contributed by atoms with Crippen LogP contribution in [0.25, 0.3) is 22.4 Å². The van der Waals surface area contributed by atoms with Gasteiger partial charge in [0.05, 0.1) is 22.8 Å². The molecule has 2 N–H and O–H groups in total. The van der Waals surface area contributed by atoms with Gasteiger partial charge in [-0.3, -0.25) is 14.4 Å². The minimum atomic E-state index is -3.74. The van der Waals surface area contributed by atoms with Gasteiger partial charge in [-0.15, -0.1) is 0 Å². The summed E-state index contributed by atoms with van der Waals surface area (Å²) in [6, 6.07) is 5.04. The standard InChI is InChI=1S/C24H32N6O4S/c1-5-7-18-20-21(30(4)28-18)23(31)27-22(26-20)17-12-16(8-9-19(17)34-6-2)35(32,33)24-11-10-15(29(24)3)13-25-14-24/h8-9,12,15,25H,5-7,10-11,13-14H2,1-4H3,(H,26,27,31). The highest BCUT2D eigenvalue weighted by atomic mass is 32.2. The van der Waals surface area contributed by atoms with E-state index in [0.717, 1.165) is 25.1 Å². The minimum absolute atomic E-state index is 0.190. The number of aromatic nitrogens is 4. The lowest BCUT2D eigenvalue weighted by Crippen LogP contribution is -2.62. The maximum absolute atomic E-state index is 14.0. The van der Waals surface area contributed by atoms with Gasteiger partial charge in [0.25, 0.3) is 5.56 Å². The molecule has 188 valence electrons. The van der Waals surface area contributed by atoms with E-state index in [0.29, 0.717) is 48.3 Å². The lowest BCUT2D eigenvalue weighted by atomic mass is 10.1. The van der Waals surface area contributed by atoms with E-state index in [1.807, 2.05) is 25.8 Å². The Balaban J connectivity index is 1.68. The van der Waals surface area contributed by atoms with E-state index >= 15 is 0 Å². The van der Waals surface area contributed by atoms with Gasteiger partial charge in [0, 0.05) is 26.2 Å². The lowest BCUT2D eigenvalue weighted by molar-refractivity contribution is 0.160. The number of fused-ring (bicyclic) bond motifs is 3. The number of nitrogens with zero attached hydrogens (tertiary/aromatic N) is 4. The van der Waals surface area contributed by atoms with Gasteiger partial charge in [-0.1, -0.05) is 13.3 Å². The molecule has 2 aromatic heterocycles. The summed E-state index contributed by atoms with van der Waals surface area (Å²) in [5.74, 6) is 0.733. The maximum Gasteiger partial charge on any atom is 0.277 e. The molecular formula is C24H32N6O4S. The second-order valence-electron chi connectivity index (χ2n) is 9.41. The fraction of sp³-hybridized carbons (Fsp3) is 0.542. The number of piperazine rings is 1. The quantitative estimate of drug-likeness (QED) is 0.504. The summed E-state index contributed by atoms with van der Waals surface area (Å²) in [4.78, 5) is 21.8. The van der Waals surface area contributed by atoms with E-state index in [4.69, 9.17) is 9.72 Å². The van der Waals surface area contributed by atoms with Crippen molar-refractivity contribution in [1.82, 2.24) is 30.0 Å². The first-order valence-corrected chi connectivity index (χ1v) is 13.6.